The Bertz CT molecular complexity index is 415. The van der Waals surface area contributed by atoms with Crippen molar-refractivity contribution in [3.63, 3.8) is 0 Å². The summed E-state index contributed by atoms with van der Waals surface area (Å²) in [6.07, 6.45) is 4.36. The zero-order chi connectivity index (χ0) is 17.7. The molecular weight excluding hydrogens is 312 g/mol. The topological polar surface area (TPSA) is 124 Å². The van der Waals surface area contributed by atoms with Crippen molar-refractivity contribution in [3.8, 4) is 0 Å². The van der Waals surface area contributed by atoms with E-state index in [1.165, 1.54) is 0 Å². The maximum Gasteiger partial charge on any atom is 0.254 e. The number of carbonyl (C=O) groups excluding carboxylic acids is 2. The molecule has 7 nitrogen and oxygen atoms in total. The van der Waals surface area contributed by atoms with E-state index >= 15 is 0 Å². The van der Waals surface area contributed by atoms with Gasteiger partial charge in [0, 0.05) is 12.1 Å². The SMILES string of the molecule is NC(=O)[C@@H](O)[C@@H](O)[C@@H](O)C(=O)N(C1CCCCC1)C1CCCCC1. The van der Waals surface area contributed by atoms with Crippen LogP contribution in [0.25, 0.3) is 0 Å². The maximum absolute atomic E-state index is 12.9. The Morgan fingerprint density at radius 1 is 0.792 bits per heavy atom. The number of hydrogen-bond acceptors (Lipinski definition) is 5. The molecule has 0 aliphatic heterocycles. The number of hydrogen-bond donors (Lipinski definition) is 4. The minimum absolute atomic E-state index is 0.0573. The van der Waals surface area contributed by atoms with E-state index in [9.17, 15) is 24.9 Å². The molecule has 24 heavy (non-hydrogen) atoms. The zero-order valence-electron chi connectivity index (χ0n) is 14.1. The average Bonchev–Trinajstić information content (AvgIpc) is 2.61. The number of nitrogens with two attached hydrogens (primary N) is 1. The second-order valence-corrected chi connectivity index (χ2v) is 7.11. The molecule has 0 heterocycles. The Labute approximate surface area is 142 Å². The van der Waals surface area contributed by atoms with Crippen molar-refractivity contribution >= 4 is 11.8 Å². The van der Waals surface area contributed by atoms with Crippen LogP contribution in [0.3, 0.4) is 0 Å². The summed E-state index contributed by atoms with van der Waals surface area (Å²) in [4.78, 5) is 25.6. The Morgan fingerprint density at radius 3 is 1.58 bits per heavy atom. The van der Waals surface area contributed by atoms with Crippen molar-refractivity contribution in [2.45, 2.75) is 94.6 Å². The van der Waals surface area contributed by atoms with Gasteiger partial charge >= 0.3 is 0 Å². The average molecular weight is 342 g/mol. The van der Waals surface area contributed by atoms with E-state index in [-0.39, 0.29) is 12.1 Å². The van der Waals surface area contributed by atoms with Gasteiger partial charge in [-0.1, -0.05) is 38.5 Å². The molecule has 5 N–H and O–H groups in total. The van der Waals surface area contributed by atoms with Crippen molar-refractivity contribution in [2.24, 2.45) is 5.73 Å². The Kier molecular flexibility index (Phi) is 7.01. The highest BCUT2D eigenvalue weighted by atomic mass is 16.4. The molecule has 2 aliphatic carbocycles. The van der Waals surface area contributed by atoms with Gasteiger partial charge in [-0.05, 0) is 25.7 Å². The molecule has 0 spiro atoms. The van der Waals surface area contributed by atoms with Crippen LogP contribution in [-0.4, -0.2) is 62.4 Å². The molecule has 0 aromatic carbocycles. The van der Waals surface area contributed by atoms with Crippen LogP contribution in [0.1, 0.15) is 64.2 Å². The van der Waals surface area contributed by atoms with Gasteiger partial charge in [-0.15, -0.1) is 0 Å². The molecule has 0 aromatic heterocycles. The van der Waals surface area contributed by atoms with Crippen LogP contribution >= 0.6 is 0 Å². The highest BCUT2D eigenvalue weighted by Crippen LogP contribution is 2.31. The van der Waals surface area contributed by atoms with Crippen LogP contribution in [-0.2, 0) is 9.59 Å². The Morgan fingerprint density at radius 2 is 1.21 bits per heavy atom. The second-order valence-electron chi connectivity index (χ2n) is 7.11. The summed E-state index contributed by atoms with van der Waals surface area (Å²) in [7, 11) is 0. The van der Waals surface area contributed by atoms with E-state index in [2.05, 4.69) is 0 Å². The van der Waals surface area contributed by atoms with Crippen LogP contribution in [0, 0.1) is 0 Å². The highest BCUT2D eigenvalue weighted by Gasteiger charge is 2.40. The number of carbonyl (C=O) groups is 2. The van der Waals surface area contributed by atoms with Gasteiger partial charge in [-0.3, -0.25) is 9.59 Å². The van der Waals surface area contributed by atoms with Gasteiger partial charge < -0.3 is 26.0 Å². The van der Waals surface area contributed by atoms with Crippen molar-refractivity contribution in [1.29, 1.82) is 0 Å². The van der Waals surface area contributed by atoms with Crippen LogP contribution < -0.4 is 5.73 Å². The minimum atomic E-state index is -1.96. The predicted molar refractivity (Wildman–Crippen MR) is 87.8 cm³/mol. The third-order valence-corrected chi connectivity index (χ3v) is 5.38. The lowest BCUT2D eigenvalue weighted by molar-refractivity contribution is -0.160. The fourth-order valence-corrected chi connectivity index (χ4v) is 4.02. The summed E-state index contributed by atoms with van der Waals surface area (Å²) in [6, 6.07) is 0.115. The van der Waals surface area contributed by atoms with E-state index < -0.39 is 30.1 Å². The molecule has 0 bridgehead atoms. The molecule has 0 radical (unpaired) electrons. The van der Waals surface area contributed by atoms with Gasteiger partial charge in [0.25, 0.3) is 5.91 Å². The van der Waals surface area contributed by atoms with Gasteiger partial charge in [0.05, 0.1) is 0 Å². The first kappa shape index (κ1) is 19.1. The zero-order valence-corrected chi connectivity index (χ0v) is 14.1. The number of rotatable bonds is 6. The molecule has 2 saturated carbocycles. The fraction of sp³-hybridized carbons (Fsp3) is 0.882. The lowest BCUT2D eigenvalue weighted by atomic mass is 9.88. The van der Waals surface area contributed by atoms with E-state index in [4.69, 9.17) is 5.73 Å². The summed E-state index contributed by atoms with van der Waals surface area (Å²) >= 11 is 0. The highest BCUT2D eigenvalue weighted by molar-refractivity contribution is 5.85. The molecule has 2 rings (SSSR count). The number of nitrogens with zero attached hydrogens (tertiary/aromatic N) is 1. The fourth-order valence-electron chi connectivity index (χ4n) is 4.02. The summed E-state index contributed by atoms with van der Waals surface area (Å²) < 4.78 is 0. The quantitative estimate of drug-likeness (QED) is 0.543. The minimum Gasteiger partial charge on any atom is -0.387 e. The molecule has 2 aliphatic rings. The van der Waals surface area contributed by atoms with Crippen molar-refractivity contribution in [1.82, 2.24) is 4.90 Å². The molecule has 2 amide bonds. The lowest BCUT2D eigenvalue weighted by Crippen LogP contribution is -2.57. The second kappa shape index (κ2) is 8.78. The smallest absolute Gasteiger partial charge is 0.254 e. The van der Waals surface area contributed by atoms with Crippen LogP contribution in [0.4, 0.5) is 0 Å². The van der Waals surface area contributed by atoms with E-state index in [1.54, 1.807) is 4.90 Å². The number of amides is 2. The largest absolute Gasteiger partial charge is 0.387 e. The van der Waals surface area contributed by atoms with E-state index in [1.807, 2.05) is 0 Å². The van der Waals surface area contributed by atoms with E-state index in [0.29, 0.717) is 0 Å². The van der Waals surface area contributed by atoms with Gasteiger partial charge in [-0.2, -0.15) is 0 Å². The molecule has 0 unspecified atom stereocenters. The predicted octanol–water partition coefficient (Wildman–Crippen LogP) is 0.0484. The number of aliphatic hydroxyl groups is 3. The first-order chi connectivity index (χ1) is 11.4. The molecule has 7 heteroatoms. The Hall–Kier alpha value is -1.18. The maximum atomic E-state index is 12.9. The van der Waals surface area contributed by atoms with Crippen LogP contribution in [0.5, 0.6) is 0 Å². The van der Waals surface area contributed by atoms with Crippen molar-refractivity contribution in [3.05, 3.63) is 0 Å². The van der Waals surface area contributed by atoms with Crippen molar-refractivity contribution in [2.75, 3.05) is 0 Å². The van der Waals surface area contributed by atoms with Crippen molar-refractivity contribution < 1.29 is 24.9 Å². The third kappa shape index (κ3) is 4.46. The monoisotopic (exact) mass is 342 g/mol. The molecule has 0 saturated heterocycles. The van der Waals surface area contributed by atoms with E-state index in [0.717, 1.165) is 64.2 Å². The number of primary amides is 1. The van der Waals surface area contributed by atoms with Gasteiger partial charge in [0.2, 0.25) is 5.91 Å². The summed E-state index contributed by atoms with van der Waals surface area (Å²) in [6.45, 7) is 0. The lowest BCUT2D eigenvalue weighted by Gasteiger charge is -2.43. The van der Waals surface area contributed by atoms with Crippen LogP contribution in [0.15, 0.2) is 0 Å². The van der Waals surface area contributed by atoms with Gasteiger partial charge in [0.15, 0.2) is 12.2 Å². The summed E-state index contributed by atoms with van der Waals surface area (Å²) in [5.41, 5.74) is 4.95. The molecule has 138 valence electrons. The summed E-state index contributed by atoms with van der Waals surface area (Å²) in [5, 5.41) is 29.7. The third-order valence-electron chi connectivity index (χ3n) is 5.38. The standard InChI is InChI=1S/C17H30N2O5/c18-16(23)14(21)13(20)15(22)17(24)19(11-7-3-1-4-8-11)12-9-5-2-6-10-12/h11-15,20-22H,1-10H2,(H2,18,23)/t13-,14+,15-/m1/s1. The van der Waals surface area contributed by atoms with Crippen LogP contribution in [0.2, 0.25) is 0 Å². The molecule has 2 fully saturated rings. The first-order valence-corrected chi connectivity index (χ1v) is 9.09. The molecule has 3 atom stereocenters. The van der Waals surface area contributed by atoms with Gasteiger partial charge in [-0.25, -0.2) is 0 Å². The Balaban J connectivity index is 2.14. The van der Waals surface area contributed by atoms with Gasteiger partial charge in [0.1, 0.15) is 6.10 Å². The number of aliphatic hydroxyl groups excluding tert-OH is 3. The summed E-state index contributed by atoms with van der Waals surface area (Å²) in [5.74, 6) is -1.75. The first-order valence-electron chi connectivity index (χ1n) is 9.09. The molecular formula is C17H30N2O5. The molecule has 0 aromatic rings. The normalized spacial score (nSPS) is 24.1.